The van der Waals surface area contributed by atoms with Crippen LogP contribution in [-0.2, 0) is 7.05 Å². The van der Waals surface area contributed by atoms with Crippen molar-refractivity contribution in [3.05, 3.63) is 70.9 Å². The lowest BCUT2D eigenvalue weighted by Gasteiger charge is -2.14. The number of hydrogen-bond acceptors (Lipinski definition) is 1. The molecule has 0 fully saturated rings. The average molecular weight is 330 g/mol. The molecular formula is C22H22N2O. The molecule has 3 aromatic rings. The Morgan fingerprint density at radius 3 is 2.56 bits per heavy atom. The predicted octanol–water partition coefficient (Wildman–Crippen LogP) is 3.92. The first-order valence-corrected chi connectivity index (χ1v) is 8.33. The molecule has 0 aliphatic heterocycles. The second-order valence-corrected chi connectivity index (χ2v) is 6.41. The number of hydrogen-bond donors (Lipinski definition) is 0. The molecule has 126 valence electrons. The number of rotatable bonds is 2. The molecule has 0 atom stereocenters. The van der Waals surface area contributed by atoms with Gasteiger partial charge in [-0.15, -0.1) is 0 Å². The van der Waals surface area contributed by atoms with Crippen molar-refractivity contribution in [3.63, 3.8) is 0 Å². The van der Waals surface area contributed by atoms with Gasteiger partial charge in [-0.05, 0) is 49.2 Å². The van der Waals surface area contributed by atoms with Crippen LogP contribution >= 0.6 is 0 Å². The van der Waals surface area contributed by atoms with Gasteiger partial charge in [-0.25, -0.2) is 0 Å². The van der Waals surface area contributed by atoms with E-state index in [-0.39, 0.29) is 5.91 Å². The zero-order valence-electron chi connectivity index (χ0n) is 15.1. The standard InChI is InChI=1S/C22H22N2O/c1-16-11-12-18(14-17(16)2)8-7-13-23(3)22(25)21-15-19-9-5-6-10-20(19)24(21)4/h5-6,9-12,14-15H,13H2,1-4H3. The normalized spacial score (nSPS) is 10.4. The fraction of sp³-hybridized carbons (Fsp3) is 0.227. The van der Waals surface area contributed by atoms with Gasteiger partial charge in [0, 0.05) is 30.6 Å². The number of carbonyl (C=O) groups is 1. The third-order valence-electron chi connectivity index (χ3n) is 4.57. The SMILES string of the molecule is Cc1ccc(C#CCN(C)C(=O)c2cc3ccccc3n2C)cc1C. The van der Waals surface area contributed by atoms with E-state index in [9.17, 15) is 4.79 Å². The zero-order valence-corrected chi connectivity index (χ0v) is 15.1. The summed E-state index contributed by atoms with van der Waals surface area (Å²) in [5, 5.41) is 1.07. The van der Waals surface area contributed by atoms with Crippen molar-refractivity contribution in [1.82, 2.24) is 9.47 Å². The molecule has 1 aromatic heterocycles. The summed E-state index contributed by atoms with van der Waals surface area (Å²) in [4.78, 5) is 14.4. The van der Waals surface area contributed by atoms with E-state index in [0.29, 0.717) is 12.2 Å². The van der Waals surface area contributed by atoms with Crippen LogP contribution in [0.15, 0.2) is 48.5 Å². The molecule has 0 saturated carbocycles. The number of benzene rings is 2. The van der Waals surface area contributed by atoms with Crippen LogP contribution in [0, 0.1) is 25.7 Å². The highest BCUT2D eigenvalue weighted by atomic mass is 16.2. The van der Waals surface area contributed by atoms with Crippen molar-refractivity contribution in [2.24, 2.45) is 7.05 Å². The Morgan fingerprint density at radius 1 is 1.08 bits per heavy atom. The Bertz CT molecular complexity index is 1000. The van der Waals surface area contributed by atoms with Crippen LogP contribution in [0.2, 0.25) is 0 Å². The van der Waals surface area contributed by atoms with Crippen molar-refractivity contribution in [3.8, 4) is 11.8 Å². The molecule has 0 radical (unpaired) electrons. The highest BCUT2D eigenvalue weighted by Crippen LogP contribution is 2.19. The quantitative estimate of drug-likeness (QED) is 0.654. The van der Waals surface area contributed by atoms with Gasteiger partial charge in [0.05, 0.1) is 6.54 Å². The highest BCUT2D eigenvalue weighted by molar-refractivity contribution is 5.98. The van der Waals surface area contributed by atoms with Crippen LogP contribution in [0.5, 0.6) is 0 Å². The van der Waals surface area contributed by atoms with E-state index in [1.54, 1.807) is 11.9 Å². The largest absolute Gasteiger partial charge is 0.340 e. The fourth-order valence-electron chi connectivity index (χ4n) is 2.84. The Hall–Kier alpha value is -2.99. The molecule has 0 bridgehead atoms. The molecule has 2 aromatic carbocycles. The van der Waals surface area contributed by atoms with Crippen LogP contribution in [0.3, 0.4) is 0 Å². The molecule has 3 heteroatoms. The Morgan fingerprint density at radius 2 is 1.84 bits per heavy atom. The number of aromatic nitrogens is 1. The number of amides is 1. The summed E-state index contributed by atoms with van der Waals surface area (Å²) < 4.78 is 1.94. The molecule has 1 heterocycles. The monoisotopic (exact) mass is 330 g/mol. The summed E-state index contributed by atoms with van der Waals surface area (Å²) in [6.07, 6.45) is 0. The lowest BCUT2D eigenvalue weighted by atomic mass is 10.1. The van der Waals surface area contributed by atoms with Crippen molar-refractivity contribution in [2.75, 3.05) is 13.6 Å². The van der Waals surface area contributed by atoms with Crippen LogP contribution in [0.1, 0.15) is 27.2 Å². The second kappa shape index (κ2) is 6.86. The van der Waals surface area contributed by atoms with E-state index >= 15 is 0 Å². The molecule has 0 aliphatic rings. The summed E-state index contributed by atoms with van der Waals surface area (Å²) in [5.74, 6) is 6.22. The fourth-order valence-corrected chi connectivity index (χ4v) is 2.84. The third-order valence-corrected chi connectivity index (χ3v) is 4.57. The first kappa shape index (κ1) is 16.9. The summed E-state index contributed by atoms with van der Waals surface area (Å²) in [6.45, 7) is 4.56. The average Bonchev–Trinajstić information content (AvgIpc) is 2.94. The molecule has 0 aliphatic carbocycles. The first-order chi connectivity index (χ1) is 12.0. The number of carbonyl (C=O) groups excluding carboxylic acids is 1. The maximum Gasteiger partial charge on any atom is 0.271 e. The molecule has 0 spiro atoms. The Kier molecular flexibility index (Phi) is 4.63. The topological polar surface area (TPSA) is 25.2 Å². The van der Waals surface area contributed by atoms with Crippen LogP contribution in [-0.4, -0.2) is 29.0 Å². The maximum absolute atomic E-state index is 12.7. The maximum atomic E-state index is 12.7. The van der Waals surface area contributed by atoms with E-state index in [2.05, 4.69) is 37.8 Å². The smallest absolute Gasteiger partial charge is 0.271 e. The van der Waals surface area contributed by atoms with E-state index in [0.717, 1.165) is 16.5 Å². The van der Waals surface area contributed by atoms with Crippen molar-refractivity contribution in [2.45, 2.75) is 13.8 Å². The number of para-hydroxylation sites is 1. The van der Waals surface area contributed by atoms with Crippen LogP contribution in [0.25, 0.3) is 10.9 Å². The van der Waals surface area contributed by atoms with E-state index in [4.69, 9.17) is 0 Å². The number of nitrogens with zero attached hydrogens (tertiary/aromatic N) is 2. The van der Waals surface area contributed by atoms with E-state index < -0.39 is 0 Å². The summed E-state index contributed by atoms with van der Waals surface area (Å²) in [7, 11) is 3.71. The van der Waals surface area contributed by atoms with Gasteiger partial charge in [0.15, 0.2) is 0 Å². The van der Waals surface area contributed by atoms with Gasteiger partial charge in [-0.1, -0.05) is 36.1 Å². The summed E-state index contributed by atoms with van der Waals surface area (Å²) in [6, 6.07) is 16.1. The van der Waals surface area contributed by atoms with Gasteiger partial charge >= 0.3 is 0 Å². The minimum absolute atomic E-state index is 0.0203. The van der Waals surface area contributed by atoms with Crippen LogP contribution in [0.4, 0.5) is 0 Å². The first-order valence-electron chi connectivity index (χ1n) is 8.33. The predicted molar refractivity (Wildman–Crippen MR) is 103 cm³/mol. The van der Waals surface area contributed by atoms with Crippen LogP contribution < -0.4 is 0 Å². The zero-order chi connectivity index (χ0) is 18.0. The third kappa shape index (κ3) is 3.44. The van der Waals surface area contributed by atoms with Crippen molar-refractivity contribution < 1.29 is 4.79 Å². The molecule has 3 nitrogen and oxygen atoms in total. The molecule has 0 N–H and O–H groups in total. The highest BCUT2D eigenvalue weighted by Gasteiger charge is 2.16. The number of aryl methyl sites for hydroxylation is 3. The molecule has 0 unspecified atom stereocenters. The molecule has 3 rings (SSSR count). The summed E-state index contributed by atoms with van der Waals surface area (Å²) in [5.41, 5.74) is 5.20. The van der Waals surface area contributed by atoms with Gasteiger partial charge in [0.1, 0.15) is 5.69 Å². The lowest BCUT2D eigenvalue weighted by molar-refractivity contribution is 0.0804. The summed E-state index contributed by atoms with van der Waals surface area (Å²) >= 11 is 0. The molecule has 1 amide bonds. The van der Waals surface area contributed by atoms with Crippen molar-refractivity contribution >= 4 is 16.8 Å². The van der Waals surface area contributed by atoms with Gasteiger partial charge in [0.25, 0.3) is 5.91 Å². The number of fused-ring (bicyclic) bond motifs is 1. The van der Waals surface area contributed by atoms with E-state index in [1.165, 1.54) is 11.1 Å². The second-order valence-electron chi connectivity index (χ2n) is 6.41. The van der Waals surface area contributed by atoms with Gasteiger partial charge in [-0.2, -0.15) is 0 Å². The lowest BCUT2D eigenvalue weighted by Crippen LogP contribution is -2.28. The minimum atomic E-state index is -0.0203. The molecular weight excluding hydrogens is 308 g/mol. The van der Waals surface area contributed by atoms with E-state index in [1.807, 2.05) is 48.0 Å². The Labute approximate surface area is 148 Å². The van der Waals surface area contributed by atoms with Gasteiger partial charge in [0.2, 0.25) is 0 Å². The molecule has 0 saturated heterocycles. The van der Waals surface area contributed by atoms with Crippen molar-refractivity contribution in [1.29, 1.82) is 0 Å². The minimum Gasteiger partial charge on any atom is -0.340 e. The Balaban J connectivity index is 1.75. The van der Waals surface area contributed by atoms with Gasteiger partial charge < -0.3 is 9.47 Å². The van der Waals surface area contributed by atoms with Gasteiger partial charge in [-0.3, -0.25) is 4.79 Å². The molecule has 25 heavy (non-hydrogen) atoms.